The van der Waals surface area contributed by atoms with E-state index >= 15 is 0 Å². The molecular formula is C14H14F3NO3. The van der Waals surface area contributed by atoms with Crippen LogP contribution in [0.15, 0.2) is 18.3 Å². The summed E-state index contributed by atoms with van der Waals surface area (Å²) in [5.74, 6) is -0.710. The normalized spacial score (nSPS) is 14.8. The largest absolute Gasteiger partial charge is 0.468 e. The lowest BCUT2D eigenvalue weighted by molar-refractivity contribution is -0.154. The van der Waals surface area contributed by atoms with Crippen molar-refractivity contribution in [2.45, 2.75) is 25.4 Å². The van der Waals surface area contributed by atoms with Crippen molar-refractivity contribution in [3.8, 4) is 5.88 Å². The molecule has 1 heterocycles. The third-order valence-electron chi connectivity index (χ3n) is 3.03. The molecule has 1 aliphatic carbocycles. The molecule has 114 valence electrons. The number of alkyl halides is 3. The number of allylic oxidation sites excluding steroid dienone is 2. The van der Waals surface area contributed by atoms with Gasteiger partial charge in [-0.2, -0.15) is 13.2 Å². The van der Waals surface area contributed by atoms with Gasteiger partial charge in [0.2, 0.25) is 5.88 Å². The second-order valence-corrected chi connectivity index (χ2v) is 4.59. The standard InChI is InChI=1S/C14H14F3NO3/c1-20-13(19)10-6-11(9-4-2-3-5-9)12(18-7-10)21-8-14(15,16)17/h4,6-7H,2-3,5,8H2,1H3. The van der Waals surface area contributed by atoms with Gasteiger partial charge in [-0.1, -0.05) is 6.08 Å². The molecule has 0 spiro atoms. The molecule has 0 saturated carbocycles. The number of hydrogen-bond donors (Lipinski definition) is 0. The number of halogens is 3. The van der Waals surface area contributed by atoms with Crippen LogP contribution in [0.2, 0.25) is 0 Å². The number of methoxy groups -OCH3 is 1. The van der Waals surface area contributed by atoms with Crippen LogP contribution in [0.5, 0.6) is 5.88 Å². The average molecular weight is 301 g/mol. The third-order valence-corrected chi connectivity index (χ3v) is 3.03. The van der Waals surface area contributed by atoms with Crippen molar-refractivity contribution in [2.24, 2.45) is 0 Å². The van der Waals surface area contributed by atoms with Gasteiger partial charge in [0.25, 0.3) is 0 Å². The smallest absolute Gasteiger partial charge is 0.422 e. The van der Waals surface area contributed by atoms with E-state index in [4.69, 9.17) is 4.74 Å². The van der Waals surface area contributed by atoms with E-state index in [-0.39, 0.29) is 11.4 Å². The van der Waals surface area contributed by atoms with Crippen LogP contribution >= 0.6 is 0 Å². The van der Waals surface area contributed by atoms with Crippen molar-refractivity contribution in [2.75, 3.05) is 13.7 Å². The lowest BCUT2D eigenvalue weighted by atomic mass is 10.1. The Bertz CT molecular complexity index is 567. The van der Waals surface area contributed by atoms with Gasteiger partial charge < -0.3 is 9.47 Å². The zero-order chi connectivity index (χ0) is 15.5. The first-order valence-electron chi connectivity index (χ1n) is 6.38. The molecule has 0 N–H and O–H groups in total. The fraction of sp³-hybridized carbons (Fsp3) is 0.429. The fourth-order valence-corrected chi connectivity index (χ4v) is 2.09. The molecule has 0 unspecified atom stereocenters. The zero-order valence-corrected chi connectivity index (χ0v) is 11.4. The molecule has 0 fully saturated rings. The van der Waals surface area contributed by atoms with Crippen LogP contribution in [-0.2, 0) is 4.74 Å². The van der Waals surface area contributed by atoms with E-state index in [1.807, 2.05) is 6.08 Å². The molecule has 1 aromatic rings. The van der Waals surface area contributed by atoms with Crippen LogP contribution in [0.25, 0.3) is 5.57 Å². The highest BCUT2D eigenvalue weighted by Gasteiger charge is 2.29. The van der Waals surface area contributed by atoms with Crippen molar-refractivity contribution < 1.29 is 27.4 Å². The van der Waals surface area contributed by atoms with Crippen molar-refractivity contribution in [3.63, 3.8) is 0 Å². The highest BCUT2D eigenvalue weighted by Crippen LogP contribution is 2.34. The number of carbonyl (C=O) groups excluding carboxylic acids is 1. The van der Waals surface area contributed by atoms with Crippen molar-refractivity contribution in [3.05, 3.63) is 29.5 Å². The molecule has 2 rings (SSSR count). The zero-order valence-electron chi connectivity index (χ0n) is 11.4. The quantitative estimate of drug-likeness (QED) is 0.800. The summed E-state index contributed by atoms with van der Waals surface area (Å²) in [4.78, 5) is 15.3. The van der Waals surface area contributed by atoms with Crippen LogP contribution in [0.1, 0.15) is 35.2 Å². The molecule has 0 atom stereocenters. The first kappa shape index (κ1) is 15.3. The predicted molar refractivity (Wildman–Crippen MR) is 69.0 cm³/mol. The van der Waals surface area contributed by atoms with Crippen LogP contribution in [0.3, 0.4) is 0 Å². The number of rotatable bonds is 4. The molecule has 0 saturated heterocycles. The molecule has 0 radical (unpaired) electrons. The summed E-state index contributed by atoms with van der Waals surface area (Å²) in [7, 11) is 1.23. The molecule has 0 aliphatic heterocycles. The summed E-state index contributed by atoms with van der Waals surface area (Å²) in [6.07, 6.45) is 1.10. The molecule has 1 aliphatic rings. The number of nitrogens with zero attached hydrogens (tertiary/aromatic N) is 1. The Morgan fingerprint density at radius 2 is 2.19 bits per heavy atom. The highest BCUT2D eigenvalue weighted by atomic mass is 19.4. The Morgan fingerprint density at radius 1 is 1.43 bits per heavy atom. The number of esters is 1. The van der Waals surface area contributed by atoms with Gasteiger partial charge in [-0.3, -0.25) is 0 Å². The Hall–Kier alpha value is -2.05. The Labute approximate surface area is 119 Å². The second kappa shape index (κ2) is 6.15. The van der Waals surface area contributed by atoms with Gasteiger partial charge >= 0.3 is 12.1 Å². The maximum Gasteiger partial charge on any atom is 0.422 e. The minimum absolute atomic E-state index is 0.117. The summed E-state index contributed by atoms with van der Waals surface area (Å²) in [6, 6.07) is 1.46. The molecule has 0 amide bonds. The lowest BCUT2D eigenvalue weighted by Gasteiger charge is -2.13. The van der Waals surface area contributed by atoms with Crippen molar-refractivity contribution in [1.29, 1.82) is 0 Å². The minimum atomic E-state index is -4.44. The summed E-state index contributed by atoms with van der Waals surface area (Å²) >= 11 is 0. The number of carbonyl (C=O) groups is 1. The number of hydrogen-bond acceptors (Lipinski definition) is 4. The number of aromatic nitrogens is 1. The predicted octanol–water partition coefficient (Wildman–Crippen LogP) is 3.38. The molecular weight excluding hydrogens is 287 g/mol. The van der Waals surface area contributed by atoms with Crippen LogP contribution in [0.4, 0.5) is 13.2 Å². The number of pyridine rings is 1. The Morgan fingerprint density at radius 3 is 2.76 bits per heavy atom. The second-order valence-electron chi connectivity index (χ2n) is 4.59. The van der Waals surface area contributed by atoms with Crippen LogP contribution in [0, 0.1) is 0 Å². The van der Waals surface area contributed by atoms with E-state index in [1.54, 1.807) is 0 Å². The molecule has 1 aromatic heterocycles. The highest BCUT2D eigenvalue weighted by molar-refractivity contribution is 5.90. The minimum Gasteiger partial charge on any atom is -0.468 e. The first-order chi connectivity index (χ1) is 9.90. The van der Waals surface area contributed by atoms with Gasteiger partial charge in [-0.05, 0) is 30.9 Å². The first-order valence-corrected chi connectivity index (χ1v) is 6.38. The maximum atomic E-state index is 12.3. The summed E-state index contributed by atoms with van der Waals surface area (Å²) in [6.45, 7) is -1.42. The summed E-state index contributed by atoms with van der Waals surface area (Å²) in [5.41, 5.74) is 1.43. The van der Waals surface area contributed by atoms with Gasteiger partial charge in [0.05, 0.1) is 12.7 Å². The van der Waals surface area contributed by atoms with E-state index in [0.717, 1.165) is 24.6 Å². The van der Waals surface area contributed by atoms with Gasteiger partial charge in [0.15, 0.2) is 6.61 Å². The molecule has 0 aromatic carbocycles. The van der Waals surface area contributed by atoms with E-state index in [2.05, 4.69) is 9.72 Å². The van der Waals surface area contributed by atoms with E-state index in [0.29, 0.717) is 12.0 Å². The van der Waals surface area contributed by atoms with Gasteiger partial charge in [0, 0.05) is 11.8 Å². The molecule has 21 heavy (non-hydrogen) atoms. The Kier molecular flexibility index (Phi) is 4.50. The molecule has 4 nitrogen and oxygen atoms in total. The van der Waals surface area contributed by atoms with E-state index in [9.17, 15) is 18.0 Å². The third kappa shape index (κ3) is 3.96. The lowest BCUT2D eigenvalue weighted by Crippen LogP contribution is -2.20. The topological polar surface area (TPSA) is 48.4 Å². The van der Waals surface area contributed by atoms with Gasteiger partial charge in [-0.15, -0.1) is 0 Å². The Balaban J connectivity index is 2.32. The van der Waals surface area contributed by atoms with Gasteiger partial charge in [0.1, 0.15) is 0 Å². The summed E-state index contributed by atoms with van der Waals surface area (Å²) in [5, 5.41) is 0. The molecule has 0 bridgehead atoms. The van der Waals surface area contributed by atoms with Gasteiger partial charge in [-0.25, -0.2) is 9.78 Å². The summed E-state index contributed by atoms with van der Waals surface area (Å²) < 4.78 is 46.2. The maximum absolute atomic E-state index is 12.3. The number of ether oxygens (including phenoxy) is 2. The van der Waals surface area contributed by atoms with E-state index < -0.39 is 18.8 Å². The molecule has 7 heteroatoms. The average Bonchev–Trinajstić information content (AvgIpc) is 2.97. The van der Waals surface area contributed by atoms with E-state index in [1.165, 1.54) is 13.2 Å². The monoisotopic (exact) mass is 301 g/mol. The SMILES string of the molecule is COC(=O)c1cnc(OCC(F)(F)F)c(C2=CCCC2)c1. The van der Waals surface area contributed by atoms with Crippen molar-refractivity contribution >= 4 is 11.5 Å². The fourth-order valence-electron chi connectivity index (χ4n) is 2.09. The van der Waals surface area contributed by atoms with Crippen LogP contribution in [-0.4, -0.2) is 30.8 Å². The van der Waals surface area contributed by atoms with Crippen LogP contribution < -0.4 is 4.74 Å². The van der Waals surface area contributed by atoms with Crippen molar-refractivity contribution in [1.82, 2.24) is 4.98 Å².